The van der Waals surface area contributed by atoms with E-state index in [1.165, 1.54) is 11.1 Å². The topological polar surface area (TPSA) is 71.1 Å². The Morgan fingerprint density at radius 2 is 1.76 bits per heavy atom. The third kappa shape index (κ3) is 6.50. The highest BCUT2D eigenvalue weighted by atomic mass is 16.6. The Kier molecular flexibility index (Phi) is 7.41. The number of piperazine rings is 1. The summed E-state index contributed by atoms with van der Waals surface area (Å²) in [4.78, 5) is 30.1. The highest BCUT2D eigenvalue weighted by Gasteiger charge is 2.30. The lowest BCUT2D eigenvalue weighted by atomic mass is 10.0. The second-order valence-corrected chi connectivity index (χ2v) is 10.0. The van der Waals surface area contributed by atoms with E-state index >= 15 is 0 Å². The Bertz CT molecular complexity index is 995. The van der Waals surface area contributed by atoms with Gasteiger partial charge in [0.1, 0.15) is 17.4 Å². The van der Waals surface area contributed by atoms with Gasteiger partial charge in [0, 0.05) is 45.6 Å². The largest absolute Gasteiger partial charge is 0.493 e. The summed E-state index contributed by atoms with van der Waals surface area (Å²) in [5.41, 5.74) is 2.93. The first-order chi connectivity index (χ1) is 16.3. The first-order valence-electron chi connectivity index (χ1n) is 12.1. The minimum absolute atomic E-state index is 0.0657. The molecule has 1 N–H and O–H groups in total. The molecule has 2 aromatic rings. The van der Waals surface area contributed by atoms with E-state index in [1.807, 2.05) is 56.0 Å². The number of carbonyl (C=O) groups is 2. The number of fused-ring (bicyclic) bond motifs is 1. The predicted molar refractivity (Wildman–Crippen MR) is 131 cm³/mol. The molecule has 0 aromatic heterocycles. The fraction of sp³-hybridized carbons (Fsp3) is 0.481. The standard InChI is InChI=1S/C27H35N3O4/c1-27(2,3)34-26(32)28-23(18-20-7-5-4-6-8-20)25(31)30-14-12-29(13-15-30)19-21-9-10-24-22(17-21)11-16-33-24/h4-10,17,23H,11-16,18-19H2,1-3H3,(H,28,32). The maximum absolute atomic E-state index is 13.4. The van der Waals surface area contributed by atoms with Gasteiger partial charge in [-0.1, -0.05) is 42.5 Å². The van der Waals surface area contributed by atoms with Crippen molar-refractivity contribution in [3.8, 4) is 5.75 Å². The van der Waals surface area contributed by atoms with Crippen LogP contribution in [0.3, 0.4) is 0 Å². The van der Waals surface area contributed by atoms with Crippen molar-refractivity contribution in [3.05, 3.63) is 65.2 Å². The fourth-order valence-corrected chi connectivity index (χ4v) is 4.44. The lowest BCUT2D eigenvalue weighted by Gasteiger charge is -2.36. The van der Waals surface area contributed by atoms with Gasteiger partial charge in [0.2, 0.25) is 5.91 Å². The molecule has 1 atom stereocenters. The van der Waals surface area contributed by atoms with Gasteiger partial charge >= 0.3 is 6.09 Å². The minimum Gasteiger partial charge on any atom is -0.493 e. The van der Waals surface area contributed by atoms with Crippen LogP contribution in [0.15, 0.2) is 48.5 Å². The monoisotopic (exact) mass is 465 g/mol. The molecule has 0 aliphatic carbocycles. The van der Waals surface area contributed by atoms with E-state index in [0.29, 0.717) is 19.5 Å². The summed E-state index contributed by atoms with van der Waals surface area (Å²) in [6, 6.07) is 15.5. The van der Waals surface area contributed by atoms with Crippen molar-refractivity contribution in [1.29, 1.82) is 0 Å². The van der Waals surface area contributed by atoms with E-state index in [9.17, 15) is 9.59 Å². The predicted octanol–water partition coefficient (Wildman–Crippen LogP) is 3.40. The molecule has 1 saturated heterocycles. The van der Waals surface area contributed by atoms with E-state index in [2.05, 4.69) is 28.4 Å². The van der Waals surface area contributed by atoms with Gasteiger partial charge in [0.25, 0.3) is 0 Å². The van der Waals surface area contributed by atoms with Crippen molar-refractivity contribution in [3.63, 3.8) is 0 Å². The maximum Gasteiger partial charge on any atom is 0.408 e. The van der Waals surface area contributed by atoms with Crippen LogP contribution >= 0.6 is 0 Å². The van der Waals surface area contributed by atoms with Crippen LogP contribution in [0.5, 0.6) is 5.75 Å². The molecule has 0 saturated carbocycles. The average Bonchev–Trinajstić information content (AvgIpc) is 3.26. The quantitative estimate of drug-likeness (QED) is 0.708. The second-order valence-electron chi connectivity index (χ2n) is 10.0. The highest BCUT2D eigenvalue weighted by molar-refractivity contribution is 5.86. The molecular weight excluding hydrogens is 430 g/mol. The lowest BCUT2D eigenvalue weighted by molar-refractivity contribution is -0.135. The van der Waals surface area contributed by atoms with E-state index in [4.69, 9.17) is 9.47 Å². The number of benzene rings is 2. The first kappa shape index (κ1) is 24.1. The Hall–Kier alpha value is -3.06. The van der Waals surface area contributed by atoms with Gasteiger partial charge in [0.05, 0.1) is 6.61 Å². The van der Waals surface area contributed by atoms with Gasteiger partial charge < -0.3 is 19.7 Å². The first-order valence-corrected chi connectivity index (χ1v) is 12.1. The van der Waals surface area contributed by atoms with E-state index in [-0.39, 0.29) is 5.91 Å². The molecule has 1 fully saturated rings. The Labute approximate surface area is 202 Å². The van der Waals surface area contributed by atoms with Crippen LogP contribution in [-0.4, -0.2) is 66.2 Å². The average molecular weight is 466 g/mol. The summed E-state index contributed by atoms with van der Waals surface area (Å²) in [7, 11) is 0. The molecule has 7 heteroatoms. The summed E-state index contributed by atoms with van der Waals surface area (Å²) in [6.45, 7) is 9.92. The van der Waals surface area contributed by atoms with Crippen molar-refractivity contribution in [2.45, 2.75) is 51.8 Å². The number of hydrogen-bond acceptors (Lipinski definition) is 5. The fourth-order valence-electron chi connectivity index (χ4n) is 4.44. The number of alkyl carbamates (subject to hydrolysis) is 1. The number of nitrogens with zero attached hydrogens (tertiary/aromatic N) is 2. The summed E-state index contributed by atoms with van der Waals surface area (Å²) in [5, 5.41) is 2.82. The van der Waals surface area contributed by atoms with Crippen molar-refractivity contribution >= 4 is 12.0 Å². The number of hydrogen-bond donors (Lipinski definition) is 1. The maximum atomic E-state index is 13.4. The lowest BCUT2D eigenvalue weighted by Crippen LogP contribution is -2.55. The van der Waals surface area contributed by atoms with Gasteiger partial charge in [0.15, 0.2) is 0 Å². The molecule has 182 valence electrons. The summed E-state index contributed by atoms with van der Waals surface area (Å²) < 4.78 is 11.0. The van der Waals surface area contributed by atoms with E-state index in [1.54, 1.807) is 0 Å². The number of amides is 2. The molecule has 0 spiro atoms. The third-order valence-electron chi connectivity index (χ3n) is 6.12. The van der Waals surface area contributed by atoms with Gasteiger partial charge in [-0.15, -0.1) is 0 Å². The third-order valence-corrected chi connectivity index (χ3v) is 6.12. The van der Waals surface area contributed by atoms with Gasteiger partial charge in [-0.25, -0.2) is 4.79 Å². The number of carbonyl (C=O) groups excluding carboxylic acids is 2. The molecule has 0 radical (unpaired) electrons. The van der Waals surface area contributed by atoms with Crippen molar-refractivity contribution in [2.24, 2.45) is 0 Å². The smallest absolute Gasteiger partial charge is 0.408 e. The molecule has 2 amide bonds. The summed E-state index contributed by atoms with van der Waals surface area (Å²) in [5.74, 6) is 0.935. The molecule has 34 heavy (non-hydrogen) atoms. The SMILES string of the molecule is CC(C)(C)OC(=O)NC(Cc1ccccc1)C(=O)N1CCN(Cc2ccc3c(c2)CCO3)CC1. The Morgan fingerprint density at radius 3 is 2.47 bits per heavy atom. The number of nitrogens with one attached hydrogen (secondary N) is 1. The normalized spacial score (nSPS) is 17.0. The summed E-state index contributed by atoms with van der Waals surface area (Å²) in [6.07, 6.45) is 0.830. The molecular formula is C27H35N3O4. The van der Waals surface area contributed by atoms with Crippen LogP contribution in [0.25, 0.3) is 0 Å². The molecule has 0 bridgehead atoms. The number of ether oxygens (including phenoxy) is 2. The van der Waals surface area contributed by atoms with Crippen molar-refractivity contribution in [1.82, 2.24) is 15.1 Å². The zero-order valence-electron chi connectivity index (χ0n) is 20.4. The van der Waals surface area contributed by atoms with Crippen LogP contribution in [0.2, 0.25) is 0 Å². The zero-order valence-corrected chi connectivity index (χ0v) is 20.4. The van der Waals surface area contributed by atoms with Gasteiger partial charge in [-0.05, 0) is 43.5 Å². The van der Waals surface area contributed by atoms with Crippen LogP contribution in [-0.2, 0) is 28.9 Å². The highest BCUT2D eigenvalue weighted by Crippen LogP contribution is 2.26. The van der Waals surface area contributed by atoms with E-state index < -0.39 is 17.7 Å². The Morgan fingerprint density at radius 1 is 1.03 bits per heavy atom. The zero-order chi connectivity index (χ0) is 24.1. The molecule has 4 rings (SSSR count). The molecule has 2 heterocycles. The Balaban J connectivity index is 1.35. The van der Waals surface area contributed by atoms with Crippen molar-refractivity contribution < 1.29 is 19.1 Å². The van der Waals surface area contributed by atoms with Gasteiger partial charge in [-0.3, -0.25) is 9.69 Å². The van der Waals surface area contributed by atoms with Crippen LogP contribution in [0.1, 0.15) is 37.5 Å². The van der Waals surface area contributed by atoms with Crippen LogP contribution in [0.4, 0.5) is 4.79 Å². The second kappa shape index (κ2) is 10.5. The van der Waals surface area contributed by atoms with Gasteiger partial charge in [-0.2, -0.15) is 0 Å². The van der Waals surface area contributed by atoms with E-state index in [0.717, 1.165) is 44.0 Å². The molecule has 7 nitrogen and oxygen atoms in total. The minimum atomic E-state index is -0.666. The summed E-state index contributed by atoms with van der Waals surface area (Å²) >= 11 is 0. The van der Waals surface area contributed by atoms with Crippen LogP contribution in [0, 0.1) is 0 Å². The number of rotatable bonds is 6. The molecule has 1 unspecified atom stereocenters. The molecule has 2 aromatic carbocycles. The van der Waals surface area contributed by atoms with Crippen LogP contribution < -0.4 is 10.1 Å². The molecule has 2 aliphatic rings. The molecule has 2 aliphatic heterocycles. The van der Waals surface area contributed by atoms with Crippen molar-refractivity contribution in [2.75, 3.05) is 32.8 Å².